The van der Waals surface area contributed by atoms with Crippen LogP contribution in [0.1, 0.15) is 21.7 Å². The van der Waals surface area contributed by atoms with Crippen molar-refractivity contribution in [3.63, 3.8) is 0 Å². The molecule has 0 fully saturated rings. The number of hydrogen-bond donors (Lipinski definition) is 3. The third kappa shape index (κ3) is 4.10. The Hall–Kier alpha value is -2.57. The van der Waals surface area contributed by atoms with Gasteiger partial charge >= 0.3 is 12.4 Å². The van der Waals surface area contributed by atoms with Crippen molar-refractivity contribution in [2.75, 3.05) is 12.4 Å². The highest BCUT2D eigenvalue weighted by Crippen LogP contribution is 2.36. The van der Waals surface area contributed by atoms with Crippen LogP contribution in [0.25, 0.3) is 0 Å². The number of carbonyl (C=O) groups is 1. The molecule has 1 amide bonds. The number of carbonyl (C=O) groups excluding carboxylic acids is 1. The predicted molar refractivity (Wildman–Crippen MR) is 75.9 cm³/mol. The molecule has 0 aliphatic carbocycles. The average Bonchev–Trinajstić information content (AvgIpc) is 2.85. The van der Waals surface area contributed by atoms with Crippen molar-refractivity contribution in [2.24, 2.45) is 0 Å². The van der Waals surface area contributed by atoms with Gasteiger partial charge in [0.1, 0.15) is 22.0 Å². The van der Waals surface area contributed by atoms with Crippen LogP contribution >= 0.6 is 11.5 Å². The van der Waals surface area contributed by atoms with Crippen molar-refractivity contribution in [3.05, 3.63) is 39.4 Å². The Bertz CT molecular complexity index is 822. The van der Waals surface area contributed by atoms with E-state index >= 15 is 0 Å². The van der Waals surface area contributed by atoms with Crippen LogP contribution in [0.2, 0.25) is 0 Å². The molecule has 0 unspecified atom stereocenters. The van der Waals surface area contributed by atoms with Crippen molar-refractivity contribution < 1.29 is 31.1 Å². The lowest BCUT2D eigenvalue weighted by atomic mass is 10.2. The van der Waals surface area contributed by atoms with Crippen molar-refractivity contribution >= 4 is 28.1 Å². The molecular weight excluding hydrogens is 378 g/mol. The molecule has 136 valence electrons. The minimum Gasteiger partial charge on any atom is -0.355 e. The molecule has 2 aromatic heterocycles. The fourth-order valence-electron chi connectivity index (χ4n) is 1.75. The van der Waals surface area contributed by atoms with Gasteiger partial charge in [-0.25, -0.2) is 4.98 Å². The van der Waals surface area contributed by atoms with Crippen LogP contribution in [0.5, 0.6) is 0 Å². The topological polar surface area (TPSA) is 86.9 Å². The summed E-state index contributed by atoms with van der Waals surface area (Å²) < 4.78 is 78.8. The quantitative estimate of drug-likeness (QED) is 0.708. The van der Waals surface area contributed by atoms with E-state index in [1.165, 1.54) is 7.05 Å². The summed E-state index contributed by atoms with van der Waals surface area (Å²) in [4.78, 5) is 25.7. The molecule has 25 heavy (non-hydrogen) atoms. The number of anilines is 2. The molecule has 2 aromatic rings. The maximum Gasteiger partial charge on any atom is 0.433 e. The van der Waals surface area contributed by atoms with Gasteiger partial charge < -0.3 is 10.6 Å². The second kappa shape index (κ2) is 6.38. The molecule has 0 aromatic carbocycles. The van der Waals surface area contributed by atoms with Gasteiger partial charge in [-0.3, -0.25) is 14.0 Å². The van der Waals surface area contributed by atoms with Gasteiger partial charge in [0.2, 0.25) is 0 Å². The number of aromatic amines is 1. The van der Waals surface area contributed by atoms with Crippen LogP contribution in [-0.4, -0.2) is 22.3 Å². The fraction of sp³-hybridized carbons (Fsp3) is 0.250. The standard InChI is InChI=1S/C12H8F6N4O2S/c1-19-8(23)7-9(24)22-25-10(7)20-4-2-5(11(13,14)15)21-6(3-4)12(16,17)18/h2-3H,1H3,(H,19,23)(H,20,21)(H,22,24). The molecule has 0 saturated heterocycles. The van der Waals surface area contributed by atoms with E-state index in [2.05, 4.69) is 20.0 Å². The van der Waals surface area contributed by atoms with E-state index < -0.39 is 46.5 Å². The fourth-order valence-corrected chi connectivity index (χ4v) is 2.50. The van der Waals surface area contributed by atoms with Gasteiger partial charge in [0.15, 0.2) is 0 Å². The highest BCUT2D eigenvalue weighted by molar-refractivity contribution is 7.10. The first-order chi connectivity index (χ1) is 11.4. The first-order valence-corrected chi connectivity index (χ1v) is 7.12. The molecule has 3 N–H and O–H groups in total. The minimum absolute atomic E-state index is 0.239. The highest BCUT2D eigenvalue weighted by atomic mass is 32.1. The van der Waals surface area contributed by atoms with E-state index in [0.717, 1.165) is 0 Å². The molecule has 0 spiro atoms. The van der Waals surface area contributed by atoms with Gasteiger partial charge in [-0.1, -0.05) is 0 Å². The molecule has 13 heteroatoms. The van der Waals surface area contributed by atoms with Crippen LogP contribution in [0.15, 0.2) is 16.9 Å². The lowest BCUT2D eigenvalue weighted by Gasteiger charge is -2.14. The summed E-state index contributed by atoms with van der Waals surface area (Å²) in [5, 5.41) is 4.12. The zero-order valence-corrected chi connectivity index (χ0v) is 12.9. The summed E-state index contributed by atoms with van der Waals surface area (Å²) in [5.41, 5.74) is -5.47. The zero-order valence-electron chi connectivity index (χ0n) is 12.1. The van der Waals surface area contributed by atoms with E-state index in [0.29, 0.717) is 23.7 Å². The minimum atomic E-state index is -5.12. The number of nitrogens with zero attached hydrogens (tertiary/aromatic N) is 1. The molecule has 0 atom stereocenters. The number of pyridine rings is 1. The first kappa shape index (κ1) is 18.8. The summed E-state index contributed by atoms with van der Waals surface area (Å²) >= 11 is 0.549. The van der Waals surface area contributed by atoms with E-state index in [9.17, 15) is 35.9 Å². The Balaban J connectivity index is 2.54. The lowest BCUT2D eigenvalue weighted by molar-refractivity contribution is -0.150. The SMILES string of the molecule is CNC(=O)c1c(Nc2cc(C(F)(F)F)nc(C(F)(F)F)c2)s[nH]c1=O. The normalized spacial score (nSPS) is 12.1. The Morgan fingerprint density at radius 2 is 1.64 bits per heavy atom. The van der Waals surface area contributed by atoms with Crippen LogP contribution < -0.4 is 16.2 Å². The molecule has 0 radical (unpaired) electrons. The van der Waals surface area contributed by atoms with E-state index in [-0.39, 0.29) is 5.00 Å². The van der Waals surface area contributed by atoms with Crippen LogP contribution in [0.4, 0.5) is 37.0 Å². The number of amides is 1. The highest BCUT2D eigenvalue weighted by Gasteiger charge is 2.39. The third-order valence-electron chi connectivity index (χ3n) is 2.82. The average molecular weight is 386 g/mol. The first-order valence-electron chi connectivity index (χ1n) is 6.30. The second-order valence-electron chi connectivity index (χ2n) is 4.56. The molecular formula is C12H8F6N4O2S. The smallest absolute Gasteiger partial charge is 0.355 e. The predicted octanol–water partition coefficient (Wildman–Crippen LogP) is 2.97. The van der Waals surface area contributed by atoms with Gasteiger partial charge in [-0.05, 0) is 23.7 Å². The summed E-state index contributed by atoms with van der Waals surface area (Å²) in [7, 11) is 1.21. The second-order valence-corrected chi connectivity index (χ2v) is 5.38. The largest absolute Gasteiger partial charge is 0.433 e. The maximum absolute atomic E-state index is 12.8. The van der Waals surface area contributed by atoms with Gasteiger partial charge in [-0.15, -0.1) is 0 Å². The van der Waals surface area contributed by atoms with Crippen LogP contribution in [0.3, 0.4) is 0 Å². The summed E-state index contributed by atoms with van der Waals surface area (Å²) in [6.45, 7) is 0. The van der Waals surface area contributed by atoms with E-state index in [1.54, 1.807) is 0 Å². The third-order valence-corrected chi connectivity index (χ3v) is 3.62. The molecule has 2 rings (SSSR count). The number of H-pyrrole nitrogens is 1. The number of alkyl halides is 6. The molecule has 6 nitrogen and oxygen atoms in total. The Morgan fingerprint density at radius 3 is 2.08 bits per heavy atom. The van der Waals surface area contributed by atoms with E-state index in [4.69, 9.17) is 0 Å². The van der Waals surface area contributed by atoms with Gasteiger partial charge in [0, 0.05) is 12.7 Å². The number of hydrogen-bond acceptors (Lipinski definition) is 5. The van der Waals surface area contributed by atoms with Crippen molar-refractivity contribution in [2.45, 2.75) is 12.4 Å². The van der Waals surface area contributed by atoms with Crippen LogP contribution in [-0.2, 0) is 12.4 Å². The molecule has 2 heterocycles. The summed E-state index contributed by atoms with van der Waals surface area (Å²) in [5.74, 6) is -0.855. The summed E-state index contributed by atoms with van der Waals surface area (Å²) in [6, 6.07) is 0.681. The van der Waals surface area contributed by atoms with Gasteiger partial charge in [0.25, 0.3) is 11.5 Å². The Labute approximate surface area is 139 Å². The van der Waals surface area contributed by atoms with E-state index in [1.807, 2.05) is 0 Å². The van der Waals surface area contributed by atoms with Crippen LogP contribution in [0, 0.1) is 0 Å². The molecule has 0 aliphatic rings. The van der Waals surface area contributed by atoms with Crippen molar-refractivity contribution in [1.29, 1.82) is 0 Å². The monoisotopic (exact) mass is 386 g/mol. The number of halogens is 6. The molecule has 0 saturated carbocycles. The van der Waals surface area contributed by atoms with Gasteiger partial charge in [0.05, 0.1) is 0 Å². The maximum atomic E-state index is 12.8. The molecule has 0 bridgehead atoms. The van der Waals surface area contributed by atoms with Crippen molar-refractivity contribution in [3.8, 4) is 0 Å². The number of aromatic nitrogens is 2. The summed E-state index contributed by atoms with van der Waals surface area (Å²) in [6.07, 6.45) is -10.2. The number of nitrogens with one attached hydrogen (secondary N) is 3. The zero-order chi connectivity index (χ0) is 19.0. The van der Waals surface area contributed by atoms with Gasteiger partial charge in [-0.2, -0.15) is 26.3 Å². The molecule has 0 aliphatic heterocycles. The number of rotatable bonds is 3. The lowest BCUT2D eigenvalue weighted by Crippen LogP contribution is -2.24. The Morgan fingerprint density at radius 1 is 1.12 bits per heavy atom. The van der Waals surface area contributed by atoms with Crippen molar-refractivity contribution in [1.82, 2.24) is 14.7 Å². The Kier molecular flexibility index (Phi) is 4.79.